The van der Waals surface area contributed by atoms with Crippen LogP contribution in [0.3, 0.4) is 0 Å². The maximum atomic E-state index is 14.0. The second-order valence-electron chi connectivity index (χ2n) is 8.61. The summed E-state index contributed by atoms with van der Waals surface area (Å²) in [4.78, 5) is 34.1. The van der Waals surface area contributed by atoms with Gasteiger partial charge in [0.05, 0.1) is 29.7 Å². The quantitative estimate of drug-likeness (QED) is 0.280. The third kappa shape index (κ3) is 5.54. The molecule has 0 bridgehead atoms. The van der Waals surface area contributed by atoms with Gasteiger partial charge in [0.15, 0.2) is 0 Å². The molecule has 0 fully saturated rings. The molecule has 4 aromatic rings. The van der Waals surface area contributed by atoms with Crippen molar-refractivity contribution < 1.29 is 18.7 Å². The molecule has 4 rings (SSSR count). The van der Waals surface area contributed by atoms with Crippen molar-refractivity contribution in [3.63, 3.8) is 0 Å². The minimum Gasteiger partial charge on any atom is -0.497 e. The van der Waals surface area contributed by atoms with Crippen molar-refractivity contribution in [1.82, 2.24) is 14.5 Å². The number of amides is 1. The van der Waals surface area contributed by atoms with Crippen molar-refractivity contribution >= 4 is 16.8 Å². The zero-order valence-electron chi connectivity index (χ0n) is 21.2. The lowest BCUT2D eigenvalue weighted by atomic mass is 10.1. The Hall–Kier alpha value is -4.04. The molecule has 192 valence electrons. The van der Waals surface area contributed by atoms with E-state index in [9.17, 15) is 14.0 Å². The Morgan fingerprint density at radius 3 is 2.49 bits per heavy atom. The van der Waals surface area contributed by atoms with Gasteiger partial charge in [-0.1, -0.05) is 25.1 Å². The van der Waals surface area contributed by atoms with Gasteiger partial charge in [0.25, 0.3) is 11.5 Å². The number of carbonyl (C=O) groups excluding carboxylic acids is 1. The van der Waals surface area contributed by atoms with Gasteiger partial charge >= 0.3 is 0 Å². The number of nitrogens with zero attached hydrogens (tertiary/aromatic N) is 3. The lowest BCUT2D eigenvalue weighted by molar-refractivity contribution is 0.0633. The van der Waals surface area contributed by atoms with Crippen molar-refractivity contribution in [2.75, 3.05) is 27.4 Å². The molecule has 0 radical (unpaired) electrons. The largest absolute Gasteiger partial charge is 0.497 e. The first-order chi connectivity index (χ1) is 18.0. The summed E-state index contributed by atoms with van der Waals surface area (Å²) in [5.41, 5.74) is 1.14. The van der Waals surface area contributed by atoms with Gasteiger partial charge in [-0.3, -0.25) is 14.2 Å². The summed E-state index contributed by atoms with van der Waals surface area (Å²) in [6.45, 7) is 2.72. The summed E-state index contributed by atoms with van der Waals surface area (Å²) in [6.07, 6.45) is 1.05. The molecule has 0 spiro atoms. The lowest BCUT2D eigenvalue weighted by Gasteiger charge is -2.32. The van der Waals surface area contributed by atoms with Crippen LogP contribution >= 0.6 is 0 Å². The fraction of sp³-hybridized carbons (Fsp3) is 0.276. The van der Waals surface area contributed by atoms with Crippen molar-refractivity contribution in [3.05, 3.63) is 100 Å². The Morgan fingerprint density at radius 2 is 1.81 bits per heavy atom. The van der Waals surface area contributed by atoms with E-state index in [-0.39, 0.29) is 17.0 Å². The number of methoxy groups -OCH3 is 2. The molecule has 1 unspecified atom stereocenters. The van der Waals surface area contributed by atoms with E-state index in [2.05, 4.69) is 0 Å². The number of hydrogen-bond acceptors (Lipinski definition) is 5. The van der Waals surface area contributed by atoms with Gasteiger partial charge < -0.3 is 14.4 Å². The third-order valence-corrected chi connectivity index (χ3v) is 6.27. The molecule has 7 nitrogen and oxygen atoms in total. The number of aromatic nitrogens is 2. The van der Waals surface area contributed by atoms with Gasteiger partial charge in [-0.2, -0.15) is 0 Å². The first-order valence-electron chi connectivity index (χ1n) is 12.2. The fourth-order valence-electron chi connectivity index (χ4n) is 4.46. The van der Waals surface area contributed by atoms with E-state index in [0.717, 1.165) is 0 Å². The number of halogens is 1. The van der Waals surface area contributed by atoms with Crippen LogP contribution in [0.4, 0.5) is 4.39 Å². The van der Waals surface area contributed by atoms with E-state index in [0.29, 0.717) is 54.2 Å². The number of rotatable bonds is 10. The van der Waals surface area contributed by atoms with Gasteiger partial charge in [-0.15, -0.1) is 0 Å². The maximum absolute atomic E-state index is 14.0. The molecule has 0 aliphatic rings. The van der Waals surface area contributed by atoms with Gasteiger partial charge in [0.1, 0.15) is 17.4 Å². The van der Waals surface area contributed by atoms with E-state index in [1.54, 1.807) is 72.2 Å². The van der Waals surface area contributed by atoms with Gasteiger partial charge in [0.2, 0.25) is 0 Å². The van der Waals surface area contributed by atoms with Gasteiger partial charge in [0, 0.05) is 25.8 Å². The van der Waals surface area contributed by atoms with Crippen LogP contribution < -0.4 is 10.3 Å². The van der Waals surface area contributed by atoms with Crippen LogP contribution in [0, 0.1) is 5.82 Å². The monoisotopic (exact) mass is 503 g/mol. The Bertz CT molecular complexity index is 1440. The predicted molar refractivity (Wildman–Crippen MR) is 141 cm³/mol. The summed E-state index contributed by atoms with van der Waals surface area (Å²) >= 11 is 0. The number of benzene rings is 3. The van der Waals surface area contributed by atoms with Crippen LogP contribution in [0.15, 0.2) is 77.6 Å². The molecule has 0 saturated carbocycles. The summed E-state index contributed by atoms with van der Waals surface area (Å²) in [6, 6.07) is 19.3. The molecular weight excluding hydrogens is 473 g/mol. The SMILES string of the molecule is CCC(c1nc2ccccc2c(=O)n1-c1ccc(OC)cc1)N(CCCOC)C(=O)c1cccc(F)c1. The minimum atomic E-state index is -0.563. The molecule has 37 heavy (non-hydrogen) atoms. The molecule has 1 aromatic heterocycles. The zero-order chi connectivity index (χ0) is 26.4. The topological polar surface area (TPSA) is 73.7 Å². The highest BCUT2D eigenvalue weighted by atomic mass is 19.1. The average Bonchev–Trinajstić information content (AvgIpc) is 2.92. The Morgan fingerprint density at radius 1 is 1.05 bits per heavy atom. The normalized spacial score (nSPS) is 11.9. The molecule has 3 aromatic carbocycles. The first kappa shape index (κ1) is 26.0. The smallest absolute Gasteiger partial charge is 0.266 e. The molecule has 1 atom stereocenters. The second kappa shape index (κ2) is 11.8. The molecule has 0 saturated heterocycles. The van der Waals surface area contributed by atoms with E-state index in [4.69, 9.17) is 14.5 Å². The van der Waals surface area contributed by atoms with Crippen molar-refractivity contribution in [3.8, 4) is 11.4 Å². The van der Waals surface area contributed by atoms with Crippen molar-refractivity contribution in [2.45, 2.75) is 25.8 Å². The lowest BCUT2D eigenvalue weighted by Crippen LogP contribution is -2.39. The third-order valence-electron chi connectivity index (χ3n) is 6.27. The zero-order valence-corrected chi connectivity index (χ0v) is 21.2. The van der Waals surface area contributed by atoms with E-state index >= 15 is 0 Å². The highest BCUT2D eigenvalue weighted by Gasteiger charge is 2.29. The average molecular weight is 504 g/mol. The molecule has 0 aliphatic heterocycles. The summed E-state index contributed by atoms with van der Waals surface area (Å²) in [7, 11) is 3.18. The molecule has 0 aliphatic carbocycles. The molecule has 0 N–H and O–H groups in total. The van der Waals surface area contributed by atoms with E-state index < -0.39 is 11.9 Å². The van der Waals surface area contributed by atoms with Gasteiger partial charge in [-0.05, 0) is 67.4 Å². The number of fused-ring (bicyclic) bond motifs is 1. The predicted octanol–water partition coefficient (Wildman–Crippen LogP) is 5.16. The maximum Gasteiger partial charge on any atom is 0.266 e. The number of para-hydroxylation sites is 1. The van der Waals surface area contributed by atoms with Crippen LogP contribution in [0.5, 0.6) is 5.75 Å². The summed E-state index contributed by atoms with van der Waals surface area (Å²) in [5, 5.41) is 0.472. The number of ether oxygens (including phenoxy) is 2. The van der Waals surface area contributed by atoms with Crippen LogP contribution in [-0.4, -0.2) is 47.7 Å². The Kier molecular flexibility index (Phi) is 8.30. The summed E-state index contributed by atoms with van der Waals surface area (Å²) < 4.78 is 26.1. The molecule has 8 heteroatoms. The van der Waals surface area contributed by atoms with Gasteiger partial charge in [-0.25, -0.2) is 9.37 Å². The number of carbonyl (C=O) groups is 1. The highest BCUT2D eigenvalue weighted by Crippen LogP contribution is 2.28. The van der Waals surface area contributed by atoms with Crippen LogP contribution in [0.2, 0.25) is 0 Å². The van der Waals surface area contributed by atoms with E-state index in [1.165, 1.54) is 18.2 Å². The van der Waals surface area contributed by atoms with Crippen LogP contribution in [-0.2, 0) is 4.74 Å². The standard InChI is InChI=1S/C29H30FN3O4/c1-4-26(32(17-8-18-36-2)28(34)20-9-7-10-21(30)19-20)27-31-25-12-6-5-11-24(25)29(35)33(27)22-13-15-23(37-3)16-14-22/h5-7,9-16,19,26H,4,8,17-18H2,1-3H3. The Labute approximate surface area is 215 Å². The molecule has 1 amide bonds. The Balaban J connectivity index is 1.91. The first-order valence-corrected chi connectivity index (χ1v) is 12.2. The highest BCUT2D eigenvalue weighted by molar-refractivity contribution is 5.94. The second-order valence-corrected chi connectivity index (χ2v) is 8.61. The van der Waals surface area contributed by atoms with Crippen molar-refractivity contribution in [1.29, 1.82) is 0 Å². The fourth-order valence-corrected chi connectivity index (χ4v) is 4.46. The van der Waals surface area contributed by atoms with Crippen LogP contribution in [0.25, 0.3) is 16.6 Å². The molecular formula is C29H30FN3O4. The summed E-state index contributed by atoms with van der Waals surface area (Å²) in [5.74, 6) is 0.251. The minimum absolute atomic E-state index is 0.231. The van der Waals surface area contributed by atoms with E-state index in [1.807, 2.05) is 13.0 Å². The molecule has 1 heterocycles. The number of hydrogen-bond donors (Lipinski definition) is 0. The van der Waals surface area contributed by atoms with Crippen molar-refractivity contribution in [2.24, 2.45) is 0 Å². The van der Waals surface area contributed by atoms with Crippen LogP contribution in [0.1, 0.15) is 42.0 Å².